The Labute approximate surface area is 76.0 Å². The Morgan fingerprint density at radius 1 is 1.64 bits per heavy atom. The van der Waals surface area contributed by atoms with Crippen LogP contribution in [-0.4, -0.2) is 6.29 Å². The number of hydrogen-bond acceptors (Lipinski definition) is 1. The molecule has 2 heteroatoms. The molecule has 0 heterocycles. The third-order valence-electron chi connectivity index (χ3n) is 1.26. The van der Waals surface area contributed by atoms with E-state index in [0.29, 0.717) is 6.42 Å². The standard InChI is InChI=1S/C9H11BrO/c1-9(6-4-7-10)5-2-3-8-11/h8H,1-3,5-6H2. The van der Waals surface area contributed by atoms with Gasteiger partial charge in [0.05, 0.1) is 0 Å². The molecule has 0 spiro atoms. The minimum absolute atomic E-state index is 0.626. The highest BCUT2D eigenvalue weighted by Crippen LogP contribution is 2.07. The molecule has 0 saturated heterocycles. The van der Waals surface area contributed by atoms with Crippen molar-refractivity contribution in [1.29, 1.82) is 0 Å². The van der Waals surface area contributed by atoms with E-state index in [9.17, 15) is 4.79 Å². The fourth-order valence-corrected chi connectivity index (χ4v) is 0.822. The summed E-state index contributed by atoms with van der Waals surface area (Å²) in [6, 6.07) is 0. The van der Waals surface area contributed by atoms with Crippen molar-refractivity contribution in [2.45, 2.75) is 25.7 Å². The molecule has 0 atom stereocenters. The Bertz CT molecular complexity index is 185. The van der Waals surface area contributed by atoms with Crippen LogP contribution in [0.3, 0.4) is 0 Å². The van der Waals surface area contributed by atoms with Crippen molar-refractivity contribution in [3.63, 3.8) is 0 Å². The largest absolute Gasteiger partial charge is 0.303 e. The number of allylic oxidation sites excluding steroid dienone is 1. The van der Waals surface area contributed by atoms with Crippen molar-refractivity contribution < 1.29 is 4.79 Å². The van der Waals surface area contributed by atoms with Gasteiger partial charge < -0.3 is 4.79 Å². The Morgan fingerprint density at radius 2 is 2.36 bits per heavy atom. The van der Waals surface area contributed by atoms with Crippen LogP contribution >= 0.6 is 15.9 Å². The molecule has 0 saturated carbocycles. The molecular weight excluding hydrogens is 204 g/mol. The van der Waals surface area contributed by atoms with Crippen molar-refractivity contribution in [3.8, 4) is 10.8 Å². The second-order valence-corrected chi connectivity index (χ2v) is 2.65. The molecule has 0 aromatic heterocycles. The van der Waals surface area contributed by atoms with Crippen LogP contribution in [0.4, 0.5) is 0 Å². The summed E-state index contributed by atoms with van der Waals surface area (Å²) >= 11 is 3.00. The van der Waals surface area contributed by atoms with Crippen molar-refractivity contribution in [3.05, 3.63) is 12.2 Å². The summed E-state index contributed by atoms with van der Waals surface area (Å²) in [5.41, 5.74) is 1.10. The summed E-state index contributed by atoms with van der Waals surface area (Å²) in [5, 5.41) is 0. The minimum atomic E-state index is 0.626. The molecule has 0 N–H and O–H groups in total. The first-order chi connectivity index (χ1) is 5.31. The van der Waals surface area contributed by atoms with Gasteiger partial charge in [0.15, 0.2) is 0 Å². The van der Waals surface area contributed by atoms with E-state index in [1.165, 1.54) is 0 Å². The van der Waals surface area contributed by atoms with Gasteiger partial charge in [0, 0.05) is 28.8 Å². The quantitative estimate of drug-likeness (QED) is 0.298. The highest BCUT2D eigenvalue weighted by molar-refractivity contribution is 9.12. The molecule has 0 fully saturated rings. The molecular formula is C9H11BrO. The van der Waals surface area contributed by atoms with Crippen LogP contribution in [0, 0.1) is 10.8 Å². The van der Waals surface area contributed by atoms with E-state index in [2.05, 4.69) is 33.3 Å². The lowest BCUT2D eigenvalue weighted by molar-refractivity contribution is -0.107. The first-order valence-electron chi connectivity index (χ1n) is 3.50. The SMILES string of the molecule is C=C(CC#CBr)CCCC=O. The van der Waals surface area contributed by atoms with Gasteiger partial charge in [-0.05, 0) is 17.7 Å². The number of carbonyl (C=O) groups is 1. The normalized spacial score (nSPS) is 8.09. The van der Waals surface area contributed by atoms with E-state index >= 15 is 0 Å². The Balaban J connectivity index is 3.34. The average molecular weight is 215 g/mol. The maximum absolute atomic E-state index is 9.94. The van der Waals surface area contributed by atoms with Gasteiger partial charge in [0.1, 0.15) is 6.29 Å². The second kappa shape index (κ2) is 7.56. The van der Waals surface area contributed by atoms with E-state index in [-0.39, 0.29) is 0 Å². The van der Waals surface area contributed by atoms with Gasteiger partial charge in [0.2, 0.25) is 0 Å². The Morgan fingerprint density at radius 3 is 2.91 bits per heavy atom. The van der Waals surface area contributed by atoms with E-state index in [1.807, 2.05) is 0 Å². The highest BCUT2D eigenvalue weighted by Gasteiger charge is 1.91. The van der Waals surface area contributed by atoms with Gasteiger partial charge in [-0.15, -0.1) is 0 Å². The van der Waals surface area contributed by atoms with Crippen molar-refractivity contribution in [1.82, 2.24) is 0 Å². The first-order valence-corrected chi connectivity index (χ1v) is 4.29. The third-order valence-corrected chi connectivity index (χ3v) is 1.54. The fourth-order valence-electron chi connectivity index (χ4n) is 0.682. The predicted octanol–water partition coefficient (Wildman–Crippen LogP) is 2.66. The van der Waals surface area contributed by atoms with Gasteiger partial charge in [-0.25, -0.2) is 0 Å². The second-order valence-electron chi connectivity index (χ2n) is 2.26. The van der Waals surface area contributed by atoms with E-state index in [4.69, 9.17) is 0 Å². The summed E-state index contributed by atoms with van der Waals surface area (Å²) in [7, 11) is 0. The highest BCUT2D eigenvalue weighted by atomic mass is 79.9. The van der Waals surface area contributed by atoms with Gasteiger partial charge in [-0.2, -0.15) is 0 Å². The monoisotopic (exact) mass is 214 g/mol. The number of rotatable bonds is 5. The molecule has 0 aliphatic carbocycles. The molecule has 0 aromatic rings. The minimum Gasteiger partial charge on any atom is -0.303 e. The smallest absolute Gasteiger partial charge is 0.120 e. The maximum Gasteiger partial charge on any atom is 0.120 e. The van der Waals surface area contributed by atoms with Crippen LogP contribution < -0.4 is 0 Å². The summed E-state index contributed by atoms with van der Waals surface area (Å²) in [6.45, 7) is 3.82. The molecule has 1 nitrogen and oxygen atoms in total. The molecule has 60 valence electrons. The molecule has 0 rings (SSSR count). The molecule has 0 aliphatic heterocycles. The van der Waals surface area contributed by atoms with Gasteiger partial charge in [-0.3, -0.25) is 0 Å². The lowest BCUT2D eigenvalue weighted by Crippen LogP contribution is -1.81. The number of carbonyl (C=O) groups excluding carboxylic acids is 1. The number of hydrogen-bond donors (Lipinski definition) is 0. The van der Waals surface area contributed by atoms with Crippen molar-refractivity contribution >= 4 is 22.2 Å². The number of unbranched alkanes of at least 4 members (excludes halogenated alkanes) is 1. The summed E-state index contributed by atoms with van der Waals surface area (Å²) in [4.78, 5) is 12.6. The molecule has 0 amide bonds. The van der Waals surface area contributed by atoms with Gasteiger partial charge in [-0.1, -0.05) is 18.1 Å². The summed E-state index contributed by atoms with van der Waals surface area (Å²) in [5.74, 6) is 2.85. The average Bonchev–Trinajstić information content (AvgIpc) is 2.01. The molecule has 0 bridgehead atoms. The van der Waals surface area contributed by atoms with Crippen LogP contribution in [-0.2, 0) is 4.79 Å². The van der Waals surface area contributed by atoms with Crippen LogP contribution in [0.15, 0.2) is 12.2 Å². The Kier molecular flexibility index (Phi) is 7.18. The molecule has 0 unspecified atom stereocenters. The van der Waals surface area contributed by atoms with Gasteiger partial charge in [0.25, 0.3) is 0 Å². The molecule has 11 heavy (non-hydrogen) atoms. The Hall–Kier alpha value is -0.550. The zero-order chi connectivity index (χ0) is 8.53. The maximum atomic E-state index is 9.94. The third kappa shape index (κ3) is 7.35. The van der Waals surface area contributed by atoms with E-state index in [0.717, 1.165) is 31.1 Å². The van der Waals surface area contributed by atoms with Crippen molar-refractivity contribution in [2.75, 3.05) is 0 Å². The zero-order valence-corrected chi connectivity index (χ0v) is 7.99. The van der Waals surface area contributed by atoms with Gasteiger partial charge >= 0.3 is 0 Å². The predicted molar refractivity (Wildman–Crippen MR) is 50.4 cm³/mol. The van der Waals surface area contributed by atoms with E-state index < -0.39 is 0 Å². The lowest BCUT2D eigenvalue weighted by Gasteiger charge is -1.96. The van der Waals surface area contributed by atoms with Crippen LogP contribution in [0.5, 0.6) is 0 Å². The lowest BCUT2D eigenvalue weighted by atomic mass is 10.1. The van der Waals surface area contributed by atoms with Crippen LogP contribution in [0.1, 0.15) is 25.7 Å². The molecule has 0 aliphatic rings. The number of aldehydes is 1. The first kappa shape index (κ1) is 10.4. The number of halogens is 1. The van der Waals surface area contributed by atoms with Crippen molar-refractivity contribution in [2.24, 2.45) is 0 Å². The molecule has 0 aromatic carbocycles. The zero-order valence-electron chi connectivity index (χ0n) is 6.40. The van der Waals surface area contributed by atoms with Crippen LogP contribution in [0.2, 0.25) is 0 Å². The summed E-state index contributed by atoms with van der Waals surface area (Å²) in [6.07, 6.45) is 4.08. The topological polar surface area (TPSA) is 17.1 Å². The summed E-state index contributed by atoms with van der Waals surface area (Å²) < 4.78 is 0. The van der Waals surface area contributed by atoms with E-state index in [1.54, 1.807) is 0 Å². The molecule has 0 radical (unpaired) electrons. The van der Waals surface area contributed by atoms with Crippen LogP contribution in [0.25, 0.3) is 0 Å². The fraction of sp³-hybridized carbons (Fsp3) is 0.444.